The quantitative estimate of drug-likeness (QED) is 0.899. The van der Waals surface area contributed by atoms with Crippen LogP contribution in [-0.2, 0) is 14.9 Å². The van der Waals surface area contributed by atoms with Crippen molar-refractivity contribution >= 4 is 16.7 Å². The molecule has 1 heterocycles. The van der Waals surface area contributed by atoms with E-state index in [0.717, 1.165) is 10.9 Å². The Kier molecular flexibility index (Phi) is 2.56. The molecule has 3 rings (SSSR count). The highest BCUT2D eigenvalue weighted by Crippen LogP contribution is 2.37. The minimum absolute atomic E-state index is 0.130. The van der Waals surface area contributed by atoms with Crippen LogP contribution in [0.25, 0.3) is 10.8 Å². The Labute approximate surface area is 105 Å². The molecule has 0 bridgehead atoms. The van der Waals surface area contributed by atoms with Crippen molar-refractivity contribution in [1.29, 1.82) is 0 Å². The van der Waals surface area contributed by atoms with Crippen molar-refractivity contribution in [3.05, 3.63) is 48.0 Å². The van der Waals surface area contributed by atoms with Gasteiger partial charge in [0.15, 0.2) is 0 Å². The van der Waals surface area contributed by atoms with Crippen LogP contribution >= 0.6 is 0 Å². The van der Waals surface area contributed by atoms with Crippen LogP contribution in [0.1, 0.15) is 12.0 Å². The number of aliphatic carboxylic acids is 1. The molecule has 0 radical (unpaired) electrons. The number of rotatable bonds is 3. The summed E-state index contributed by atoms with van der Waals surface area (Å²) in [6.45, 7) is 0.995. The number of carboxylic acids is 1. The first-order valence-corrected chi connectivity index (χ1v) is 5.98. The fourth-order valence-corrected chi connectivity index (χ4v) is 2.53. The van der Waals surface area contributed by atoms with Crippen molar-refractivity contribution in [3.63, 3.8) is 0 Å². The van der Waals surface area contributed by atoms with Gasteiger partial charge in [0.25, 0.3) is 0 Å². The Morgan fingerprint density at radius 1 is 1.17 bits per heavy atom. The standard InChI is InChI=1S/C15H14O3/c16-14(17)8-15(9-18-10-15)13-6-5-11-3-1-2-4-12(11)7-13/h1-7H,8-10H2,(H,16,17). The lowest BCUT2D eigenvalue weighted by Crippen LogP contribution is -2.48. The van der Waals surface area contributed by atoms with Gasteiger partial charge in [0.05, 0.1) is 25.0 Å². The van der Waals surface area contributed by atoms with E-state index in [1.54, 1.807) is 0 Å². The number of carbonyl (C=O) groups is 1. The average molecular weight is 242 g/mol. The predicted octanol–water partition coefficient (Wildman–Crippen LogP) is 2.58. The molecule has 1 fully saturated rings. The third kappa shape index (κ3) is 1.77. The molecule has 1 N–H and O–H groups in total. The van der Waals surface area contributed by atoms with Crippen LogP contribution in [0.5, 0.6) is 0 Å². The number of hydrogen-bond acceptors (Lipinski definition) is 2. The molecule has 2 aromatic rings. The lowest BCUT2D eigenvalue weighted by molar-refractivity contribution is -0.145. The van der Waals surface area contributed by atoms with Gasteiger partial charge in [0.1, 0.15) is 0 Å². The van der Waals surface area contributed by atoms with Gasteiger partial charge in [-0.3, -0.25) is 4.79 Å². The average Bonchev–Trinajstić information content (AvgIpc) is 2.33. The highest BCUT2D eigenvalue weighted by molar-refractivity contribution is 5.83. The molecule has 0 aromatic heterocycles. The molecule has 0 atom stereocenters. The number of ether oxygens (including phenoxy) is 1. The molecule has 18 heavy (non-hydrogen) atoms. The van der Waals surface area contributed by atoms with Crippen molar-refractivity contribution in [2.45, 2.75) is 11.8 Å². The largest absolute Gasteiger partial charge is 0.481 e. The van der Waals surface area contributed by atoms with E-state index < -0.39 is 5.97 Å². The molecular formula is C15H14O3. The van der Waals surface area contributed by atoms with Crippen LogP contribution in [0.3, 0.4) is 0 Å². The minimum atomic E-state index is -0.772. The SMILES string of the molecule is O=C(O)CC1(c2ccc3ccccc3c2)COC1. The summed E-state index contributed by atoms with van der Waals surface area (Å²) in [5.74, 6) is -0.772. The first kappa shape index (κ1) is 11.2. The predicted molar refractivity (Wildman–Crippen MR) is 68.7 cm³/mol. The van der Waals surface area contributed by atoms with Crippen molar-refractivity contribution in [1.82, 2.24) is 0 Å². The van der Waals surface area contributed by atoms with E-state index >= 15 is 0 Å². The van der Waals surface area contributed by atoms with E-state index in [-0.39, 0.29) is 11.8 Å². The molecule has 0 spiro atoms. The lowest BCUT2D eigenvalue weighted by atomic mass is 9.75. The highest BCUT2D eigenvalue weighted by Gasteiger charge is 2.42. The van der Waals surface area contributed by atoms with Gasteiger partial charge in [-0.15, -0.1) is 0 Å². The first-order chi connectivity index (χ1) is 8.70. The van der Waals surface area contributed by atoms with Gasteiger partial charge in [-0.25, -0.2) is 0 Å². The monoisotopic (exact) mass is 242 g/mol. The summed E-state index contributed by atoms with van der Waals surface area (Å²) >= 11 is 0. The maximum atomic E-state index is 11.0. The van der Waals surface area contributed by atoms with Crippen LogP contribution in [-0.4, -0.2) is 24.3 Å². The summed E-state index contributed by atoms with van der Waals surface area (Å²) in [4.78, 5) is 11.0. The summed E-state index contributed by atoms with van der Waals surface area (Å²) in [5.41, 5.74) is 0.727. The van der Waals surface area contributed by atoms with Gasteiger partial charge < -0.3 is 9.84 Å². The summed E-state index contributed by atoms with van der Waals surface area (Å²) in [5, 5.41) is 11.4. The third-order valence-electron chi connectivity index (χ3n) is 3.61. The zero-order valence-electron chi connectivity index (χ0n) is 9.93. The smallest absolute Gasteiger partial charge is 0.304 e. The van der Waals surface area contributed by atoms with Crippen molar-refractivity contribution in [3.8, 4) is 0 Å². The molecule has 1 saturated heterocycles. The van der Waals surface area contributed by atoms with Gasteiger partial charge in [-0.1, -0.05) is 42.5 Å². The number of hydrogen-bond donors (Lipinski definition) is 1. The van der Waals surface area contributed by atoms with Crippen molar-refractivity contribution in [2.24, 2.45) is 0 Å². The molecule has 92 valence electrons. The number of benzene rings is 2. The molecule has 3 heteroatoms. The molecule has 3 nitrogen and oxygen atoms in total. The van der Waals surface area contributed by atoms with E-state index in [0.29, 0.717) is 13.2 Å². The molecule has 0 saturated carbocycles. The second kappa shape index (κ2) is 4.10. The molecule has 0 aliphatic carbocycles. The second-order valence-electron chi connectivity index (χ2n) is 4.91. The Balaban J connectivity index is 2.04. The molecule has 0 unspecified atom stereocenters. The zero-order chi connectivity index (χ0) is 12.6. The van der Waals surface area contributed by atoms with E-state index in [1.807, 2.05) is 30.3 Å². The third-order valence-corrected chi connectivity index (χ3v) is 3.61. The van der Waals surface area contributed by atoms with Crippen LogP contribution in [0.15, 0.2) is 42.5 Å². The van der Waals surface area contributed by atoms with Gasteiger partial charge >= 0.3 is 5.97 Å². The minimum Gasteiger partial charge on any atom is -0.481 e. The van der Waals surface area contributed by atoms with Crippen molar-refractivity contribution < 1.29 is 14.6 Å². The van der Waals surface area contributed by atoms with Gasteiger partial charge in [-0.2, -0.15) is 0 Å². The number of fused-ring (bicyclic) bond motifs is 1. The Hall–Kier alpha value is -1.87. The fourth-order valence-electron chi connectivity index (χ4n) is 2.53. The maximum absolute atomic E-state index is 11.0. The molecule has 0 amide bonds. The van der Waals surface area contributed by atoms with Gasteiger partial charge in [0, 0.05) is 0 Å². The zero-order valence-corrected chi connectivity index (χ0v) is 9.93. The summed E-state index contributed by atoms with van der Waals surface area (Å²) < 4.78 is 5.24. The Bertz CT molecular complexity index is 599. The second-order valence-corrected chi connectivity index (χ2v) is 4.91. The molecular weight excluding hydrogens is 228 g/mol. The number of carboxylic acid groups (broad SMARTS) is 1. The van der Waals surface area contributed by atoms with E-state index in [9.17, 15) is 4.79 Å². The topological polar surface area (TPSA) is 46.5 Å². The fraction of sp³-hybridized carbons (Fsp3) is 0.267. The summed E-state index contributed by atoms with van der Waals surface area (Å²) in [7, 11) is 0. The van der Waals surface area contributed by atoms with Crippen LogP contribution < -0.4 is 0 Å². The molecule has 1 aliphatic heterocycles. The van der Waals surface area contributed by atoms with Gasteiger partial charge in [-0.05, 0) is 16.3 Å². The van der Waals surface area contributed by atoms with Crippen LogP contribution in [0.2, 0.25) is 0 Å². The Morgan fingerprint density at radius 2 is 1.89 bits per heavy atom. The summed E-state index contributed by atoms with van der Waals surface area (Å²) in [6.07, 6.45) is 0.130. The van der Waals surface area contributed by atoms with Crippen LogP contribution in [0.4, 0.5) is 0 Å². The first-order valence-electron chi connectivity index (χ1n) is 5.98. The normalized spacial score (nSPS) is 17.3. The Morgan fingerprint density at radius 3 is 2.50 bits per heavy atom. The van der Waals surface area contributed by atoms with E-state index in [2.05, 4.69) is 12.1 Å². The van der Waals surface area contributed by atoms with E-state index in [4.69, 9.17) is 9.84 Å². The summed E-state index contributed by atoms with van der Waals surface area (Å²) in [6, 6.07) is 14.3. The van der Waals surface area contributed by atoms with E-state index in [1.165, 1.54) is 5.39 Å². The maximum Gasteiger partial charge on any atom is 0.304 e. The van der Waals surface area contributed by atoms with Crippen LogP contribution in [0, 0.1) is 0 Å². The van der Waals surface area contributed by atoms with Crippen molar-refractivity contribution in [2.75, 3.05) is 13.2 Å². The van der Waals surface area contributed by atoms with Gasteiger partial charge in [0.2, 0.25) is 0 Å². The lowest BCUT2D eigenvalue weighted by Gasteiger charge is -2.41. The highest BCUT2D eigenvalue weighted by atomic mass is 16.5. The molecule has 1 aliphatic rings. The molecule has 2 aromatic carbocycles.